The molecule has 0 heterocycles. The first-order chi connectivity index (χ1) is 8.36. The molecule has 1 aromatic carbocycles. The number of likely N-dealkylation sites (N-methyl/N-ethyl adjacent to an activating group) is 1. The van der Waals surface area contributed by atoms with Gasteiger partial charge in [0.25, 0.3) is 0 Å². The smallest absolute Gasteiger partial charge is 0.0789 e. The molecule has 0 saturated carbocycles. The quantitative estimate of drug-likeness (QED) is 0.836. The number of rotatable bonds is 5. The fourth-order valence-corrected chi connectivity index (χ4v) is 2.30. The summed E-state index contributed by atoms with van der Waals surface area (Å²) in [7, 11) is 2.02. The molecule has 0 amide bonds. The molecule has 1 aromatic rings. The molecule has 0 aliphatic rings. The van der Waals surface area contributed by atoms with Crippen LogP contribution in [-0.2, 0) is 6.54 Å². The zero-order valence-electron chi connectivity index (χ0n) is 12.2. The fraction of sp³-hybridized carbons (Fsp3) is 0.600. The number of hydrogen-bond donors (Lipinski definition) is 2. The van der Waals surface area contributed by atoms with Crippen molar-refractivity contribution in [2.24, 2.45) is 5.73 Å². The van der Waals surface area contributed by atoms with Crippen LogP contribution in [0.4, 0.5) is 0 Å². The Kier molecular flexibility index (Phi) is 5.32. The standard InChI is InChI=1S/C15H26N2O/c1-10-6-11(2)13(4)15(12(10)3)9-17(5)8-14(18)7-16/h6,14,18H,7-9,16H2,1-5H3. The van der Waals surface area contributed by atoms with Crippen LogP contribution in [-0.4, -0.2) is 36.2 Å². The first-order valence-electron chi connectivity index (χ1n) is 6.49. The van der Waals surface area contributed by atoms with E-state index in [0.717, 1.165) is 6.54 Å². The predicted molar refractivity (Wildman–Crippen MR) is 76.8 cm³/mol. The molecule has 102 valence electrons. The Bertz CT molecular complexity index is 389. The van der Waals surface area contributed by atoms with E-state index in [0.29, 0.717) is 13.1 Å². The van der Waals surface area contributed by atoms with Crippen LogP contribution in [0, 0.1) is 27.7 Å². The van der Waals surface area contributed by atoms with Crippen molar-refractivity contribution in [2.45, 2.75) is 40.3 Å². The minimum Gasteiger partial charge on any atom is -0.390 e. The minimum atomic E-state index is -0.443. The van der Waals surface area contributed by atoms with Gasteiger partial charge in [0, 0.05) is 19.6 Å². The normalized spacial score (nSPS) is 13.1. The summed E-state index contributed by atoms with van der Waals surface area (Å²) < 4.78 is 0. The maximum absolute atomic E-state index is 9.59. The van der Waals surface area contributed by atoms with Gasteiger partial charge in [0.15, 0.2) is 0 Å². The first-order valence-corrected chi connectivity index (χ1v) is 6.49. The third-order valence-corrected chi connectivity index (χ3v) is 3.74. The Labute approximate surface area is 111 Å². The van der Waals surface area contributed by atoms with Gasteiger partial charge in [-0.3, -0.25) is 4.90 Å². The number of nitrogens with zero attached hydrogens (tertiary/aromatic N) is 1. The summed E-state index contributed by atoms with van der Waals surface area (Å²) in [6.07, 6.45) is -0.443. The van der Waals surface area contributed by atoms with Gasteiger partial charge >= 0.3 is 0 Å². The molecule has 0 fully saturated rings. The van der Waals surface area contributed by atoms with Gasteiger partial charge in [-0.2, -0.15) is 0 Å². The van der Waals surface area contributed by atoms with Crippen LogP contribution in [0.25, 0.3) is 0 Å². The number of aryl methyl sites for hydroxylation is 2. The number of nitrogens with two attached hydrogens (primary N) is 1. The molecule has 0 aromatic heterocycles. The fourth-order valence-electron chi connectivity index (χ4n) is 2.30. The van der Waals surface area contributed by atoms with Crippen LogP contribution in [0.2, 0.25) is 0 Å². The highest BCUT2D eigenvalue weighted by Crippen LogP contribution is 2.22. The number of hydrogen-bond acceptors (Lipinski definition) is 3. The lowest BCUT2D eigenvalue weighted by Gasteiger charge is -2.23. The lowest BCUT2D eigenvalue weighted by Crippen LogP contribution is -2.34. The molecule has 3 nitrogen and oxygen atoms in total. The molecule has 0 spiro atoms. The minimum absolute atomic E-state index is 0.315. The van der Waals surface area contributed by atoms with E-state index in [2.05, 4.69) is 38.7 Å². The van der Waals surface area contributed by atoms with Gasteiger partial charge in [-0.1, -0.05) is 6.07 Å². The zero-order chi connectivity index (χ0) is 13.9. The van der Waals surface area contributed by atoms with Crippen LogP contribution in [0.15, 0.2) is 6.07 Å². The van der Waals surface area contributed by atoms with Gasteiger partial charge in [0.2, 0.25) is 0 Å². The van der Waals surface area contributed by atoms with Gasteiger partial charge in [-0.05, 0) is 62.6 Å². The molecule has 0 radical (unpaired) electrons. The Balaban J connectivity index is 2.90. The zero-order valence-corrected chi connectivity index (χ0v) is 12.2. The molecule has 0 aliphatic carbocycles. The predicted octanol–water partition coefficient (Wildman–Crippen LogP) is 1.67. The lowest BCUT2D eigenvalue weighted by atomic mass is 9.94. The third kappa shape index (κ3) is 3.55. The summed E-state index contributed by atoms with van der Waals surface area (Å²) >= 11 is 0. The van der Waals surface area contributed by atoms with Crippen molar-refractivity contribution in [1.82, 2.24) is 4.90 Å². The largest absolute Gasteiger partial charge is 0.390 e. The van der Waals surface area contributed by atoms with E-state index in [1.165, 1.54) is 27.8 Å². The highest BCUT2D eigenvalue weighted by Gasteiger charge is 2.12. The third-order valence-electron chi connectivity index (χ3n) is 3.74. The number of aliphatic hydroxyl groups is 1. The molecule has 0 aliphatic heterocycles. The van der Waals surface area contributed by atoms with Crippen LogP contribution in [0.1, 0.15) is 27.8 Å². The van der Waals surface area contributed by atoms with Crippen LogP contribution in [0.3, 0.4) is 0 Å². The Morgan fingerprint density at radius 3 is 2.11 bits per heavy atom. The molecule has 1 rings (SSSR count). The van der Waals surface area contributed by atoms with E-state index in [4.69, 9.17) is 5.73 Å². The summed E-state index contributed by atoms with van der Waals surface area (Å²) in [6, 6.07) is 2.24. The van der Waals surface area contributed by atoms with Gasteiger partial charge in [-0.15, -0.1) is 0 Å². The van der Waals surface area contributed by atoms with Crippen LogP contribution >= 0.6 is 0 Å². The molecule has 3 heteroatoms. The summed E-state index contributed by atoms with van der Waals surface area (Å²) in [5, 5.41) is 9.59. The summed E-state index contributed by atoms with van der Waals surface area (Å²) in [4.78, 5) is 2.13. The average molecular weight is 250 g/mol. The second-order valence-corrected chi connectivity index (χ2v) is 5.33. The molecule has 18 heavy (non-hydrogen) atoms. The lowest BCUT2D eigenvalue weighted by molar-refractivity contribution is 0.129. The second-order valence-electron chi connectivity index (χ2n) is 5.33. The van der Waals surface area contributed by atoms with E-state index >= 15 is 0 Å². The van der Waals surface area contributed by atoms with Gasteiger partial charge in [0.1, 0.15) is 0 Å². The van der Waals surface area contributed by atoms with Gasteiger partial charge in [-0.25, -0.2) is 0 Å². The molecule has 1 unspecified atom stereocenters. The van der Waals surface area contributed by atoms with Crippen molar-refractivity contribution in [3.63, 3.8) is 0 Å². The van der Waals surface area contributed by atoms with E-state index in [9.17, 15) is 5.11 Å². The van der Waals surface area contributed by atoms with E-state index < -0.39 is 6.10 Å². The number of benzene rings is 1. The summed E-state index contributed by atoms with van der Waals surface area (Å²) in [6.45, 7) is 10.4. The van der Waals surface area contributed by atoms with Crippen molar-refractivity contribution in [1.29, 1.82) is 0 Å². The monoisotopic (exact) mass is 250 g/mol. The van der Waals surface area contributed by atoms with Gasteiger partial charge in [0.05, 0.1) is 6.10 Å². The van der Waals surface area contributed by atoms with Crippen molar-refractivity contribution in [3.05, 3.63) is 33.9 Å². The molecular formula is C15H26N2O. The highest BCUT2D eigenvalue weighted by molar-refractivity contribution is 5.43. The maximum Gasteiger partial charge on any atom is 0.0789 e. The maximum atomic E-state index is 9.59. The van der Waals surface area contributed by atoms with Crippen molar-refractivity contribution < 1.29 is 5.11 Å². The summed E-state index contributed by atoms with van der Waals surface area (Å²) in [5.41, 5.74) is 12.2. The van der Waals surface area contributed by atoms with Crippen LogP contribution in [0.5, 0.6) is 0 Å². The van der Waals surface area contributed by atoms with E-state index in [1.807, 2.05) is 7.05 Å². The van der Waals surface area contributed by atoms with Crippen molar-refractivity contribution in [2.75, 3.05) is 20.1 Å². The topological polar surface area (TPSA) is 49.5 Å². The summed E-state index contributed by atoms with van der Waals surface area (Å²) in [5.74, 6) is 0. The second kappa shape index (κ2) is 6.32. The van der Waals surface area contributed by atoms with Crippen molar-refractivity contribution >= 4 is 0 Å². The molecule has 3 N–H and O–H groups in total. The molecule has 0 saturated heterocycles. The molecule has 0 bridgehead atoms. The Hall–Kier alpha value is -0.900. The highest BCUT2D eigenvalue weighted by atomic mass is 16.3. The van der Waals surface area contributed by atoms with Crippen molar-refractivity contribution in [3.8, 4) is 0 Å². The number of aliphatic hydroxyl groups excluding tert-OH is 1. The van der Waals surface area contributed by atoms with Crippen LogP contribution < -0.4 is 5.73 Å². The average Bonchev–Trinajstić information content (AvgIpc) is 2.32. The molecular weight excluding hydrogens is 224 g/mol. The SMILES string of the molecule is Cc1cc(C)c(C)c(CN(C)CC(O)CN)c1C. The Morgan fingerprint density at radius 1 is 1.17 bits per heavy atom. The molecule has 1 atom stereocenters. The van der Waals surface area contributed by atoms with E-state index in [1.54, 1.807) is 0 Å². The van der Waals surface area contributed by atoms with Gasteiger partial charge < -0.3 is 10.8 Å². The Morgan fingerprint density at radius 2 is 1.67 bits per heavy atom. The first kappa shape index (κ1) is 15.2. The van der Waals surface area contributed by atoms with E-state index in [-0.39, 0.29) is 0 Å².